The van der Waals surface area contributed by atoms with Crippen LogP contribution in [-0.2, 0) is 0 Å². The molecule has 0 saturated carbocycles. The average Bonchev–Trinajstić information content (AvgIpc) is 2.65. The van der Waals surface area contributed by atoms with Gasteiger partial charge in [-0.3, -0.25) is 0 Å². The number of hydrogen-bond acceptors (Lipinski definition) is 4. The summed E-state index contributed by atoms with van der Waals surface area (Å²) in [7, 11) is 1.61. The van der Waals surface area contributed by atoms with E-state index in [1.807, 2.05) is 30.5 Å². The van der Waals surface area contributed by atoms with Crippen LogP contribution < -0.4 is 10.5 Å². The molecule has 0 atom stereocenters. The van der Waals surface area contributed by atoms with E-state index in [-0.39, 0.29) is 0 Å². The third-order valence-electron chi connectivity index (χ3n) is 2.10. The number of aromatic nitrogens is 1. The first-order valence-corrected chi connectivity index (χ1v) is 5.44. The number of thiazole rings is 1. The molecule has 4 heteroatoms. The van der Waals surface area contributed by atoms with E-state index >= 15 is 0 Å². The Hall–Kier alpha value is -1.55. The van der Waals surface area contributed by atoms with E-state index in [1.54, 1.807) is 18.4 Å². The summed E-state index contributed by atoms with van der Waals surface area (Å²) in [5.41, 5.74) is 8.53. The highest BCUT2D eigenvalue weighted by Gasteiger charge is 2.05. The monoisotopic (exact) mass is 220 g/mol. The highest BCUT2D eigenvalue weighted by molar-refractivity contribution is 7.13. The lowest BCUT2D eigenvalue weighted by molar-refractivity contribution is 0.417. The van der Waals surface area contributed by atoms with Crippen LogP contribution in [-0.4, -0.2) is 12.1 Å². The number of aryl methyl sites for hydroxylation is 1. The fraction of sp³-hybridized carbons (Fsp3) is 0.182. The van der Waals surface area contributed by atoms with Crippen LogP contribution in [0.5, 0.6) is 5.75 Å². The smallest absolute Gasteiger partial charge is 0.141 e. The van der Waals surface area contributed by atoms with Gasteiger partial charge < -0.3 is 10.5 Å². The molecule has 0 aliphatic rings. The van der Waals surface area contributed by atoms with E-state index in [9.17, 15) is 0 Å². The minimum Gasteiger partial charge on any atom is -0.495 e. The van der Waals surface area contributed by atoms with Gasteiger partial charge in [0, 0.05) is 16.6 Å². The molecular weight excluding hydrogens is 208 g/mol. The molecule has 2 aromatic rings. The number of hydrogen-bond donors (Lipinski definition) is 1. The van der Waals surface area contributed by atoms with Crippen molar-refractivity contribution in [2.45, 2.75) is 6.92 Å². The maximum Gasteiger partial charge on any atom is 0.141 e. The molecule has 2 N–H and O–H groups in total. The SMILES string of the molecule is COc1ccc(-c2nc(C)cs2)cc1N. The number of nitrogens with two attached hydrogens (primary N) is 1. The number of methoxy groups -OCH3 is 1. The normalized spacial score (nSPS) is 10.3. The summed E-state index contributed by atoms with van der Waals surface area (Å²) in [6.07, 6.45) is 0. The molecule has 3 nitrogen and oxygen atoms in total. The predicted molar refractivity (Wildman–Crippen MR) is 63.3 cm³/mol. The van der Waals surface area contributed by atoms with Crippen LogP contribution in [0.4, 0.5) is 5.69 Å². The van der Waals surface area contributed by atoms with Gasteiger partial charge in [-0.15, -0.1) is 11.3 Å². The quantitative estimate of drug-likeness (QED) is 0.791. The second kappa shape index (κ2) is 3.90. The number of nitrogens with zero attached hydrogens (tertiary/aromatic N) is 1. The minimum atomic E-state index is 0.642. The molecule has 0 saturated heterocycles. The Morgan fingerprint density at radius 1 is 1.40 bits per heavy atom. The van der Waals surface area contributed by atoms with Crippen molar-refractivity contribution < 1.29 is 4.74 Å². The first kappa shape index (κ1) is 9.98. The Balaban J connectivity index is 2.42. The Morgan fingerprint density at radius 2 is 2.20 bits per heavy atom. The zero-order chi connectivity index (χ0) is 10.8. The molecule has 78 valence electrons. The van der Waals surface area contributed by atoms with Gasteiger partial charge in [0.05, 0.1) is 12.8 Å². The third kappa shape index (κ3) is 1.94. The minimum absolute atomic E-state index is 0.642. The molecule has 0 bridgehead atoms. The van der Waals surface area contributed by atoms with Crippen LogP contribution in [0.15, 0.2) is 23.6 Å². The Kier molecular flexibility index (Phi) is 2.60. The standard InChI is InChI=1S/C11H12N2OS/c1-7-6-15-11(13-7)8-3-4-10(14-2)9(12)5-8/h3-6H,12H2,1-2H3. The van der Waals surface area contributed by atoms with Crippen LogP contribution >= 0.6 is 11.3 Å². The lowest BCUT2D eigenvalue weighted by Crippen LogP contribution is -1.92. The van der Waals surface area contributed by atoms with Crippen molar-refractivity contribution in [3.05, 3.63) is 29.3 Å². The second-order valence-electron chi connectivity index (χ2n) is 3.25. The fourth-order valence-electron chi connectivity index (χ4n) is 1.35. The van der Waals surface area contributed by atoms with E-state index in [0.717, 1.165) is 16.3 Å². The van der Waals surface area contributed by atoms with Gasteiger partial charge in [0.15, 0.2) is 0 Å². The van der Waals surface area contributed by atoms with E-state index < -0.39 is 0 Å². The number of rotatable bonds is 2. The van der Waals surface area contributed by atoms with Crippen LogP contribution in [0.3, 0.4) is 0 Å². The van der Waals surface area contributed by atoms with Crippen molar-refractivity contribution in [2.75, 3.05) is 12.8 Å². The molecule has 0 unspecified atom stereocenters. The number of benzene rings is 1. The Labute approximate surface area is 92.5 Å². The second-order valence-corrected chi connectivity index (χ2v) is 4.11. The predicted octanol–water partition coefficient (Wildman–Crippen LogP) is 2.71. The van der Waals surface area contributed by atoms with Crippen LogP contribution in [0.1, 0.15) is 5.69 Å². The van der Waals surface area contributed by atoms with Gasteiger partial charge in [-0.1, -0.05) is 0 Å². The molecule has 0 aliphatic carbocycles. The van der Waals surface area contributed by atoms with E-state index in [4.69, 9.17) is 10.5 Å². The molecule has 0 radical (unpaired) electrons. The van der Waals surface area contributed by atoms with Crippen LogP contribution in [0, 0.1) is 6.92 Å². The van der Waals surface area contributed by atoms with Crippen molar-refractivity contribution in [2.24, 2.45) is 0 Å². The summed E-state index contributed by atoms with van der Waals surface area (Å²) in [5, 5.41) is 3.01. The first-order chi connectivity index (χ1) is 7.20. The van der Waals surface area contributed by atoms with Gasteiger partial charge in [-0.05, 0) is 25.1 Å². The molecule has 0 fully saturated rings. The highest BCUT2D eigenvalue weighted by atomic mass is 32.1. The van der Waals surface area contributed by atoms with Crippen molar-refractivity contribution in [1.29, 1.82) is 0 Å². The summed E-state index contributed by atoms with van der Waals surface area (Å²) in [4.78, 5) is 4.40. The van der Waals surface area contributed by atoms with E-state index in [1.165, 1.54) is 0 Å². The van der Waals surface area contributed by atoms with Crippen LogP contribution in [0.25, 0.3) is 10.6 Å². The summed E-state index contributed by atoms with van der Waals surface area (Å²) < 4.78 is 5.10. The van der Waals surface area contributed by atoms with Gasteiger partial charge in [0.2, 0.25) is 0 Å². The summed E-state index contributed by atoms with van der Waals surface area (Å²) in [6.45, 7) is 1.98. The van der Waals surface area contributed by atoms with Gasteiger partial charge in [0.25, 0.3) is 0 Å². The number of anilines is 1. The third-order valence-corrected chi connectivity index (χ3v) is 3.10. The molecular formula is C11H12N2OS. The first-order valence-electron chi connectivity index (χ1n) is 4.56. The summed E-state index contributed by atoms with van der Waals surface area (Å²) in [5.74, 6) is 0.701. The maximum atomic E-state index is 5.83. The molecule has 0 amide bonds. The maximum absolute atomic E-state index is 5.83. The van der Waals surface area contributed by atoms with Crippen molar-refractivity contribution in [3.63, 3.8) is 0 Å². The zero-order valence-corrected chi connectivity index (χ0v) is 9.47. The largest absolute Gasteiger partial charge is 0.495 e. The van der Waals surface area contributed by atoms with Crippen molar-refractivity contribution in [3.8, 4) is 16.3 Å². The van der Waals surface area contributed by atoms with Gasteiger partial charge in [-0.25, -0.2) is 4.98 Å². The Bertz CT molecular complexity index is 479. The van der Waals surface area contributed by atoms with Gasteiger partial charge in [-0.2, -0.15) is 0 Å². The lowest BCUT2D eigenvalue weighted by atomic mass is 10.2. The fourth-order valence-corrected chi connectivity index (χ4v) is 2.15. The zero-order valence-electron chi connectivity index (χ0n) is 8.65. The molecule has 2 rings (SSSR count). The van der Waals surface area contributed by atoms with Crippen LogP contribution in [0.2, 0.25) is 0 Å². The molecule has 1 aromatic carbocycles. The molecule has 1 aromatic heterocycles. The van der Waals surface area contributed by atoms with Crippen molar-refractivity contribution >= 4 is 17.0 Å². The topological polar surface area (TPSA) is 48.1 Å². The van der Waals surface area contributed by atoms with E-state index in [2.05, 4.69) is 4.98 Å². The summed E-state index contributed by atoms with van der Waals surface area (Å²) in [6, 6.07) is 5.71. The van der Waals surface area contributed by atoms with E-state index in [0.29, 0.717) is 11.4 Å². The van der Waals surface area contributed by atoms with Crippen molar-refractivity contribution in [1.82, 2.24) is 4.98 Å². The summed E-state index contributed by atoms with van der Waals surface area (Å²) >= 11 is 1.62. The molecule has 1 heterocycles. The highest BCUT2D eigenvalue weighted by Crippen LogP contribution is 2.29. The number of nitrogen functional groups attached to an aromatic ring is 1. The Morgan fingerprint density at radius 3 is 2.73 bits per heavy atom. The molecule has 15 heavy (non-hydrogen) atoms. The van der Waals surface area contributed by atoms with Gasteiger partial charge in [0.1, 0.15) is 10.8 Å². The van der Waals surface area contributed by atoms with Gasteiger partial charge >= 0.3 is 0 Å². The molecule has 0 aliphatic heterocycles. The lowest BCUT2D eigenvalue weighted by Gasteiger charge is -2.05. The molecule has 0 spiro atoms. The average molecular weight is 220 g/mol. The number of ether oxygens (including phenoxy) is 1.